The normalized spacial score (nSPS) is 32.6. The van der Waals surface area contributed by atoms with Crippen molar-refractivity contribution in [3.8, 4) is 0 Å². The molecule has 1 heterocycles. The van der Waals surface area contributed by atoms with E-state index in [-0.39, 0.29) is 18.1 Å². The molecule has 2 fully saturated rings. The summed E-state index contributed by atoms with van der Waals surface area (Å²) in [6.45, 7) is 1.99. The lowest BCUT2D eigenvalue weighted by atomic mass is 9.86. The van der Waals surface area contributed by atoms with Crippen LogP contribution in [-0.4, -0.2) is 41.9 Å². The maximum atomic E-state index is 11.4. The second-order valence-electron chi connectivity index (χ2n) is 4.53. The topological polar surface area (TPSA) is 49.8 Å². The van der Waals surface area contributed by atoms with Crippen LogP contribution in [0.2, 0.25) is 0 Å². The highest BCUT2D eigenvalue weighted by atomic mass is 16.6. The van der Waals surface area contributed by atoms with Crippen LogP contribution >= 0.6 is 0 Å². The molecule has 1 saturated heterocycles. The number of hydrogen-bond donors (Lipinski definition) is 1. The molecule has 2 rings (SSSR count). The summed E-state index contributed by atoms with van der Waals surface area (Å²) >= 11 is 0. The largest absolute Gasteiger partial charge is 0.449 e. The Morgan fingerprint density at radius 3 is 2.87 bits per heavy atom. The van der Waals surface area contributed by atoms with Crippen LogP contribution in [0.1, 0.15) is 32.1 Å². The maximum absolute atomic E-state index is 11.4. The van der Waals surface area contributed by atoms with Gasteiger partial charge >= 0.3 is 6.09 Å². The summed E-state index contributed by atoms with van der Waals surface area (Å²) in [5, 5.41) is 9.81. The molecule has 2 unspecified atom stereocenters. The van der Waals surface area contributed by atoms with Crippen LogP contribution in [0.15, 0.2) is 0 Å². The highest BCUT2D eigenvalue weighted by molar-refractivity contribution is 5.68. The van der Waals surface area contributed by atoms with Crippen molar-refractivity contribution in [1.82, 2.24) is 4.90 Å². The van der Waals surface area contributed by atoms with Crippen molar-refractivity contribution in [2.45, 2.75) is 38.2 Å². The zero-order valence-electron chi connectivity index (χ0n) is 9.02. The Bertz CT molecular complexity index is 232. The minimum atomic E-state index is -0.228. The molecule has 0 bridgehead atoms. The SMILES string of the molecule is O=C1OCCCN1CC1CCCCC1O. The Morgan fingerprint density at radius 2 is 2.13 bits per heavy atom. The van der Waals surface area contributed by atoms with E-state index in [9.17, 15) is 9.90 Å². The van der Waals surface area contributed by atoms with E-state index < -0.39 is 0 Å². The number of carbonyl (C=O) groups is 1. The number of aliphatic hydroxyl groups excluding tert-OH is 1. The predicted molar refractivity (Wildman–Crippen MR) is 55.5 cm³/mol. The number of aliphatic hydroxyl groups is 1. The molecule has 0 radical (unpaired) electrons. The van der Waals surface area contributed by atoms with E-state index in [1.54, 1.807) is 4.90 Å². The van der Waals surface area contributed by atoms with Gasteiger partial charge in [-0.25, -0.2) is 4.79 Å². The quantitative estimate of drug-likeness (QED) is 0.754. The number of cyclic esters (lactones) is 1. The van der Waals surface area contributed by atoms with Crippen molar-refractivity contribution in [3.05, 3.63) is 0 Å². The second kappa shape index (κ2) is 4.84. The van der Waals surface area contributed by atoms with E-state index >= 15 is 0 Å². The molecule has 0 aromatic heterocycles. The summed E-state index contributed by atoms with van der Waals surface area (Å²) in [4.78, 5) is 13.1. The first-order chi connectivity index (χ1) is 7.27. The van der Waals surface area contributed by atoms with Gasteiger partial charge in [-0.1, -0.05) is 12.8 Å². The van der Waals surface area contributed by atoms with Crippen LogP contribution in [0.4, 0.5) is 4.79 Å². The average molecular weight is 213 g/mol. The van der Waals surface area contributed by atoms with Crippen LogP contribution in [0.5, 0.6) is 0 Å². The van der Waals surface area contributed by atoms with Crippen LogP contribution in [0, 0.1) is 5.92 Å². The Balaban J connectivity index is 1.86. The molecule has 1 aliphatic heterocycles. The fourth-order valence-corrected chi connectivity index (χ4v) is 2.45. The van der Waals surface area contributed by atoms with Gasteiger partial charge < -0.3 is 14.7 Å². The number of hydrogen-bond acceptors (Lipinski definition) is 3. The van der Waals surface area contributed by atoms with Gasteiger partial charge in [0, 0.05) is 19.0 Å². The molecule has 15 heavy (non-hydrogen) atoms. The summed E-state index contributed by atoms with van der Waals surface area (Å²) in [6.07, 6.45) is 4.67. The van der Waals surface area contributed by atoms with Crippen molar-refractivity contribution < 1.29 is 14.6 Å². The molecule has 2 aliphatic rings. The Hall–Kier alpha value is -0.770. The van der Waals surface area contributed by atoms with Crippen LogP contribution < -0.4 is 0 Å². The van der Waals surface area contributed by atoms with E-state index in [2.05, 4.69) is 0 Å². The monoisotopic (exact) mass is 213 g/mol. The highest BCUT2D eigenvalue weighted by Crippen LogP contribution is 2.25. The summed E-state index contributed by atoms with van der Waals surface area (Å²) in [7, 11) is 0. The van der Waals surface area contributed by atoms with Crippen molar-refractivity contribution in [2.75, 3.05) is 19.7 Å². The molecule has 1 N–H and O–H groups in total. The molecule has 0 aromatic carbocycles. The minimum Gasteiger partial charge on any atom is -0.449 e. The van der Waals surface area contributed by atoms with Gasteiger partial charge in [0.15, 0.2) is 0 Å². The van der Waals surface area contributed by atoms with Crippen LogP contribution in [0.3, 0.4) is 0 Å². The van der Waals surface area contributed by atoms with Crippen molar-refractivity contribution in [2.24, 2.45) is 5.92 Å². The zero-order valence-corrected chi connectivity index (χ0v) is 9.02. The fraction of sp³-hybridized carbons (Fsp3) is 0.909. The van der Waals surface area contributed by atoms with Crippen LogP contribution in [0.25, 0.3) is 0 Å². The van der Waals surface area contributed by atoms with E-state index in [0.29, 0.717) is 13.2 Å². The molecule has 4 nitrogen and oxygen atoms in total. The van der Waals surface area contributed by atoms with Gasteiger partial charge in [-0.2, -0.15) is 0 Å². The van der Waals surface area contributed by atoms with Crippen LogP contribution in [-0.2, 0) is 4.74 Å². The van der Waals surface area contributed by atoms with E-state index in [1.165, 1.54) is 6.42 Å². The molecule has 1 amide bonds. The summed E-state index contributed by atoms with van der Waals surface area (Å²) in [5.74, 6) is 0.254. The zero-order chi connectivity index (χ0) is 10.7. The molecule has 2 atom stereocenters. The van der Waals surface area contributed by atoms with Crippen molar-refractivity contribution in [3.63, 3.8) is 0 Å². The lowest BCUT2D eigenvalue weighted by molar-refractivity contribution is 0.0263. The fourth-order valence-electron chi connectivity index (χ4n) is 2.45. The lowest BCUT2D eigenvalue weighted by Crippen LogP contribution is -2.43. The number of nitrogens with zero attached hydrogens (tertiary/aromatic N) is 1. The number of ether oxygens (including phenoxy) is 1. The minimum absolute atomic E-state index is 0.209. The number of amides is 1. The summed E-state index contributed by atoms with van der Waals surface area (Å²) < 4.78 is 4.97. The standard InChI is InChI=1S/C11H19NO3/c13-10-5-2-1-4-9(10)8-12-6-3-7-15-11(12)14/h9-10,13H,1-8H2. The van der Waals surface area contributed by atoms with Crippen molar-refractivity contribution >= 4 is 6.09 Å². The van der Waals surface area contributed by atoms with E-state index in [0.717, 1.165) is 32.2 Å². The van der Waals surface area contributed by atoms with Gasteiger partial charge in [0.05, 0.1) is 12.7 Å². The molecular formula is C11H19NO3. The van der Waals surface area contributed by atoms with Gasteiger partial charge in [-0.05, 0) is 19.3 Å². The second-order valence-corrected chi connectivity index (χ2v) is 4.53. The molecule has 0 aromatic rings. The molecule has 1 saturated carbocycles. The summed E-state index contributed by atoms with van der Waals surface area (Å²) in [6, 6.07) is 0. The molecular weight excluding hydrogens is 194 g/mol. The molecule has 4 heteroatoms. The Labute approximate surface area is 90.2 Å². The third-order valence-electron chi connectivity index (χ3n) is 3.38. The smallest absolute Gasteiger partial charge is 0.409 e. The van der Waals surface area contributed by atoms with Gasteiger partial charge in [-0.15, -0.1) is 0 Å². The maximum Gasteiger partial charge on any atom is 0.409 e. The van der Waals surface area contributed by atoms with Gasteiger partial charge in [0.2, 0.25) is 0 Å². The highest BCUT2D eigenvalue weighted by Gasteiger charge is 2.28. The van der Waals surface area contributed by atoms with E-state index in [1.807, 2.05) is 0 Å². The van der Waals surface area contributed by atoms with Crippen molar-refractivity contribution in [1.29, 1.82) is 0 Å². The first-order valence-electron chi connectivity index (χ1n) is 5.87. The first-order valence-corrected chi connectivity index (χ1v) is 5.87. The molecule has 86 valence electrons. The van der Waals surface area contributed by atoms with Gasteiger partial charge in [0.25, 0.3) is 0 Å². The number of carbonyl (C=O) groups excluding carboxylic acids is 1. The Morgan fingerprint density at radius 1 is 1.33 bits per heavy atom. The molecule has 0 spiro atoms. The van der Waals surface area contributed by atoms with E-state index in [4.69, 9.17) is 4.74 Å². The summed E-state index contributed by atoms with van der Waals surface area (Å²) in [5.41, 5.74) is 0. The predicted octanol–water partition coefficient (Wildman–Crippen LogP) is 1.38. The Kier molecular flexibility index (Phi) is 3.46. The third kappa shape index (κ3) is 2.62. The van der Waals surface area contributed by atoms with Gasteiger partial charge in [0.1, 0.15) is 0 Å². The van der Waals surface area contributed by atoms with Gasteiger partial charge in [-0.3, -0.25) is 0 Å². The number of rotatable bonds is 2. The lowest BCUT2D eigenvalue weighted by Gasteiger charge is -2.34. The average Bonchev–Trinajstić information content (AvgIpc) is 2.24. The first kappa shape index (κ1) is 10.7. The molecule has 1 aliphatic carbocycles. The third-order valence-corrected chi connectivity index (χ3v) is 3.38.